The van der Waals surface area contributed by atoms with Crippen molar-refractivity contribution in [3.05, 3.63) is 23.8 Å². The highest BCUT2D eigenvalue weighted by Crippen LogP contribution is 2.22. The number of aliphatic carboxylic acids is 1. The summed E-state index contributed by atoms with van der Waals surface area (Å²) in [6.45, 7) is 7.25. The molecule has 0 aliphatic rings. The highest BCUT2D eigenvalue weighted by atomic mass is 16.5. The van der Waals surface area contributed by atoms with Gasteiger partial charge >= 0.3 is 5.97 Å². The second kappa shape index (κ2) is 9.30. The first-order valence-electron chi connectivity index (χ1n) is 7.96. The maximum absolute atomic E-state index is 11.2. The molecule has 0 bridgehead atoms. The second-order valence-electron chi connectivity index (χ2n) is 5.63. The van der Waals surface area contributed by atoms with Crippen molar-refractivity contribution in [1.29, 1.82) is 0 Å². The van der Waals surface area contributed by atoms with E-state index >= 15 is 0 Å². The van der Waals surface area contributed by atoms with Gasteiger partial charge in [-0.2, -0.15) is 0 Å². The molecule has 124 valence electrons. The Morgan fingerprint density at radius 3 is 2.68 bits per heavy atom. The Kier molecular flexibility index (Phi) is 7.74. The quantitative estimate of drug-likeness (QED) is 0.579. The minimum atomic E-state index is -0.794. The molecule has 0 aliphatic heterocycles. The van der Waals surface area contributed by atoms with E-state index in [4.69, 9.17) is 10.5 Å². The highest BCUT2D eigenvalue weighted by molar-refractivity contribution is 5.73. The molecule has 0 spiro atoms. The van der Waals surface area contributed by atoms with Crippen LogP contribution in [0.15, 0.2) is 18.2 Å². The molecule has 0 fully saturated rings. The Morgan fingerprint density at radius 1 is 1.41 bits per heavy atom. The Bertz CT molecular complexity index is 477. The van der Waals surface area contributed by atoms with Crippen LogP contribution in [0, 0.1) is 5.92 Å². The standard InChI is InChI=1S/C17H28N2O3/c1-4-10-22-15-7-6-13(11-14(15)18)8-9-19-16(17(20)21)12(3)5-2/h6-7,11-12,16,19H,4-5,8-10,18H2,1-3H3,(H,20,21). The Morgan fingerprint density at radius 2 is 2.14 bits per heavy atom. The number of hydrogen-bond acceptors (Lipinski definition) is 4. The number of carboxylic acids is 1. The van der Waals surface area contributed by atoms with E-state index in [1.54, 1.807) is 0 Å². The Labute approximate surface area is 132 Å². The molecule has 1 rings (SSSR count). The first-order chi connectivity index (χ1) is 10.5. The first-order valence-corrected chi connectivity index (χ1v) is 7.96. The molecule has 0 saturated carbocycles. The maximum Gasteiger partial charge on any atom is 0.320 e. The molecule has 2 unspecified atom stereocenters. The van der Waals surface area contributed by atoms with Crippen LogP contribution >= 0.6 is 0 Å². The summed E-state index contributed by atoms with van der Waals surface area (Å²) in [6, 6.07) is 5.24. The topological polar surface area (TPSA) is 84.6 Å². The van der Waals surface area contributed by atoms with Gasteiger partial charge in [-0.05, 0) is 43.0 Å². The van der Waals surface area contributed by atoms with Gasteiger partial charge in [0.1, 0.15) is 11.8 Å². The van der Waals surface area contributed by atoms with Crippen LogP contribution in [0.2, 0.25) is 0 Å². The van der Waals surface area contributed by atoms with Gasteiger partial charge in [-0.1, -0.05) is 33.3 Å². The molecule has 0 saturated heterocycles. The van der Waals surface area contributed by atoms with E-state index in [-0.39, 0.29) is 5.92 Å². The maximum atomic E-state index is 11.2. The Balaban J connectivity index is 2.54. The minimum absolute atomic E-state index is 0.104. The largest absolute Gasteiger partial charge is 0.491 e. The normalized spacial score (nSPS) is 13.6. The molecule has 0 heterocycles. The predicted molar refractivity (Wildman–Crippen MR) is 89.2 cm³/mol. The molecular formula is C17H28N2O3. The van der Waals surface area contributed by atoms with E-state index < -0.39 is 12.0 Å². The molecule has 1 aromatic rings. The average Bonchev–Trinajstić information content (AvgIpc) is 2.49. The molecule has 4 N–H and O–H groups in total. The van der Waals surface area contributed by atoms with Crippen molar-refractivity contribution < 1.29 is 14.6 Å². The third-order valence-corrected chi connectivity index (χ3v) is 3.79. The molecular weight excluding hydrogens is 280 g/mol. The van der Waals surface area contributed by atoms with Crippen LogP contribution in [0.25, 0.3) is 0 Å². The number of nitrogens with one attached hydrogen (secondary N) is 1. The summed E-state index contributed by atoms with van der Waals surface area (Å²) in [4.78, 5) is 11.2. The molecule has 1 aromatic carbocycles. The number of ether oxygens (including phenoxy) is 1. The molecule has 2 atom stereocenters. The Hall–Kier alpha value is -1.75. The number of hydrogen-bond donors (Lipinski definition) is 3. The molecule has 0 amide bonds. The van der Waals surface area contributed by atoms with E-state index in [9.17, 15) is 9.90 Å². The summed E-state index contributed by atoms with van der Waals surface area (Å²) in [7, 11) is 0. The SMILES string of the molecule is CCCOc1ccc(CCNC(C(=O)O)C(C)CC)cc1N. The number of rotatable bonds is 10. The van der Waals surface area contributed by atoms with E-state index in [0.717, 1.165) is 24.8 Å². The number of carboxylic acid groups (broad SMARTS) is 1. The van der Waals surface area contributed by atoms with Crippen molar-refractivity contribution in [3.63, 3.8) is 0 Å². The van der Waals surface area contributed by atoms with Crippen LogP contribution in [0.1, 0.15) is 39.2 Å². The zero-order chi connectivity index (χ0) is 16.5. The average molecular weight is 308 g/mol. The predicted octanol–water partition coefficient (Wildman–Crippen LogP) is 2.69. The molecule has 0 radical (unpaired) electrons. The summed E-state index contributed by atoms with van der Waals surface area (Å²) in [6.07, 6.45) is 2.51. The minimum Gasteiger partial charge on any atom is -0.491 e. The summed E-state index contributed by atoms with van der Waals surface area (Å²) in [5.41, 5.74) is 7.67. The van der Waals surface area contributed by atoms with Gasteiger partial charge < -0.3 is 20.9 Å². The number of carbonyl (C=O) groups is 1. The van der Waals surface area contributed by atoms with Gasteiger partial charge in [0.05, 0.1) is 12.3 Å². The van der Waals surface area contributed by atoms with Crippen molar-refractivity contribution in [3.8, 4) is 5.75 Å². The summed E-state index contributed by atoms with van der Waals surface area (Å²) >= 11 is 0. The van der Waals surface area contributed by atoms with Gasteiger partial charge in [-0.25, -0.2) is 0 Å². The molecule has 0 aliphatic carbocycles. The van der Waals surface area contributed by atoms with Crippen molar-refractivity contribution in [2.75, 3.05) is 18.9 Å². The van der Waals surface area contributed by atoms with Crippen molar-refractivity contribution in [1.82, 2.24) is 5.32 Å². The summed E-state index contributed by atoms with van der Waals surface area (Å²) in [5.74, 6) is 0.0196. The van der Waals surface area contributed by atoms with Crippen molar-refractivity contribution >= 4 is 11.7 Å². The third-order valence-electron chi connectivity index (χ3n) is 3.79. The highest BCUT2D eigenvalue weighted by Gasteiger charge is 2.22. The lowest BCUT2D eigenvalue weighted by atomic mass is 9.99. The molecule has 5 nitrogen and oxygen atoms in total. The monoisotopic (exact) mass is 308 g/mol. The van der Waals surface area contributed by atoms with Crippen LogP contribution in [0.4, 0.5) is 5.69 Å². The van der Waals surface area contributed by atoms with Gasteiger partial charge in [-0.15, -0.1) is 0 Å². The van der Waals surface area contributed by atoms with Gasteiger partial charge in [-0.3, -0.25) is 4.79 Å². The fraction of sp³-hybridized carbons (Fsp3) is 0.588. The van der Waals surface area contributed by atoms with Gasteiger partial charge in [0.2, 0.25) is 0 Å². The van der Waals surface area contributed by atoms with E-state index in [1.165, 1.54) is 0 Å². The number of nitrogens with two attached hydrogens (primary N) is 1. The molecule has 0 aromatic heterocycles. The first kappa shape index (κ1) is 18.3. The summed E-state index contributed by atoms with van der Waals surface area (Å²) in [5, 5.41) is 12.4. The van der Waals surface area contributed by atoms with Crippen LogP contribution in [0.5, 0.6) is 5.75 Å². The number of anilines is 1. The van der Waals surface area contributed by atoms with Crippen molar-refractivity contribution in [2.24, 2.45) is 5.92 Å². The number of benzene rings is 1. The second-order valence-corrected chi connectivity index (χ2v) is 5.63. The van der Waals surface area contributed by atoms with Crippen LogP contribution < -0.4 is 15.8 Å². The summed E-state index contributed by atoms with van der Waals surface area (Å²) < 4.78 is 5.54. The smallest absolute Gasteiger partial charge is 0.320 e. The zero-order valence-corrected chi connectivity index (χ0v) is 13.8. The lowest BCUT2D eigenvalue weighted by Gasteiger charge is -2.20. The van der Waals surface area contributed by atoms with E-state index in [1.807, 2.05) is 39.0 Å². The molecule has 22 heavy (non-hydrogen) atoms. The fourth-order valence-corrected chi connectivity index (χ4v) is 2.24. The van der Waals surface area contributed by atoms with E-state index in [2.05, 4.69) is 5.32 Å². The molecule has 5 heteroatoms. The van der Waals surface area contributed by atoms with E-state index in [0.29, 0.717) is 24.6 Å². The van der Waals surface area contributed by atoms with Crippen LogP contribution in [0.3, 0.4) is 0 Å². The lowest BCUT2D eigenvalue weighted by Crippen LogP contribution is -2.42. The zero-order valence-electron chi connectivity index (χ0n) is 13.8. The van der Waals surface area contributed by atoms with Gasteiger partial charge in [0, 0.05) is 0 Å². The lowest BCUT2D eigenvalue weighted by molar-refractivity contribution is -0.140. The van der Waals surface area contributed by atoms with Gasteiger partial charge in [0.15, 0.2) is 0 Å². The fourth-order valence-electron chi connectivity index (χ4n) is 2.24. The van der Waals surface area contributed by atoms with Crippen LogP contribution in [-0.2, 0) is 11.2 Å². The number of nitrogen functional groups attached to an aromatic ring is 1. The van der Waals surface area contributed by atoms with Crippen molar-refractivity contribution in [2.45, 2.75) is 46.1 Å². The third kappa shape index (κ3) is 5.56. The van der Waals surface area contributed by atoms with Gasteiger partial charge in [0.25, 0.3) is 0 Å². The van der Waals surface area contributed by atoms with Crippen LogP contribution in [-0.4, -0.2) is 30.3 Å².